The Kier molecular flexibility index (Phi) is 5.13. The molecule has 4 nitrogen and oxygen atoms in total. The van der Waals surface area contributed by atoms with E-state index in [0.717, 1.165) is 5.56 Å². The number of thiophene rings is 1. The summed E-state index contributed by atoms with van der Waals surface area (Å²) in [4.78, 5) is 12.4. The van der Waals surface area contributed by atoms with Gasteiger partial charge in [-0.05, 0) is 47.7 Å². The van der Waals surface area contributed by atoms with Crippen LogP contribution >= 0.6 is 11.3 Å². The minimum atomic E-state index is -0.380. The van der Waals surface area contributed by atoms with Gasteiger partial charge in [0, 0.05) is 6.04 Å². The SMILES string of the molecule is C[C@H](N[C@@H](C)c1ccc2ccccc2c1)C(=O)Nc1sccc1C#N. The van der Waals surface area contributed by atoms with Crippen molar-refractivity contribution in [1.82, 2.24) is 5.32 Å². The average Bonchev–Trinajstić information content (AvgIpc) is 3.08. The molecule has 0 aliphatic rings. The first-order valence-corrected chi connectivity index (χ1v) is 8.99. The highest BCUT2D eigenvalue weighted by molar-refractivity contribution is 7.14. The molecule has 3 rings (SSSR count). The number of carbonyl (C=O) groups is 1. The van der Waals surface area contributed by atoms with Crippen LogP contribution in [-0.4, -0.2) is 11.9 Å². The highest BCUT2D eigenvalue weighted by Gasteiger charge is 2.18. The zero-order chi connectivity index (χ0) is 17.8. The molecule has 3 aromatic rings. The topological polar surface area (TPSA) is 64.9 Å². The highest BCUT2D eigenvalue weighted by atomic mass is 32.1. The van der Waals surface area contributed by atoms with Gasteiger partial charge in [-0.15, -0.1) is 11.3 Å². The van der Waals surface area contributed by atoms with E-state index in [1.807, 2.05) is 26.0 Å². The number of nitrogens with zero attached hydrogens (tertiary/aromatic N) is 1. The molecule has 1 aromatic heterocycles. The molecule has 2 aromatic carbocycles. The van der Waals surface area contributed by atoms with Crippen LogP contribution in [0.4, 0.5) is 5.00 Å². The molecule has 0 unspecified atom stereocenters. The predicted octanol–water partition coefficient (Wildman–Crippen LogP) is 4.45. The van der Waals surface area contributed by atoms with E-state index in [1.54, 1.807) is 11.4 Å². The number of carbonyl (C=O) groups excluding carboxylic acids is 1. The second-order valence-electron chi connectivity index (χ2n) is 5.98. The fourth-order valence-electron chi connectivity index (χ4n) is 2.74. The summed E-state index contributed by atoms with van der Waals surface area (Å²) >= 11 is 1.35. The van der Waals surface area contributed by atoms with E-state index in [2.05, 4.69) is 47.0 Å². The quantitative estimate of drug-likeness (QED) is 0.715. The van der Waals surface area contributed by atoms with Crippen molar-refractivity contribution in [2.45, 2.75) is 25.9 Å². The molecule has 0 saturated carbocycles. The van der Waals surface area contributed by atoms with Crippen molar-refractivity contribution in [3.63, 3.8) is 0 Å². The standard InChI is InChI=1S/C20H19N3OS/c1-13(16-8-7-15-5-3-4-6-17(15)11-16)22-14(2)19(24)23-20-18(12-21)9-10-25-20/h3-11,13-14,22H,1-2H3,(H,23,24)/t13-,14-/m0/s1. The summed E-state index contributed by atoms with van der Waals surface area (Å²) in [5.41, 5.74) is 1.63. The van der Waals surface area contributed by atoms with Crippen LogP contribution in [0.25, 0.3) is 10.8 Å². The van der Waals surface area contributed by atoms with E-state index in [4.69, 9.17) is 5.26 Å². The maximum Gasteiger partial charge on any atom is 0.241 e. The number of hydrogen-bond donors (Lipinski definition) is 2. The van der Waals surface area contributed by atoms with E-state index in [9.17, 15) is 4.79 Å². The van der Waals surface area contributed by atoms with Crippen molar-refractivity contribution in [2.75, 3.05) is 5.32 Å². The summed E-state index contributed by atoms with van der Waals surface area (Å²) in [5, 5.41) is 19.9. The lowest BCUT2D eigenvalue weighted by Gasteiger charge is -2.20. The smallest absolute Gasteiger partial charge is 0.241 e. The third-order valence-electron chi connectivity index (χ3n) is 4.19. The lowest BCUT2D eigenvalue weighted by molar-refractivity contribution is -0.117. The Hall–Kier alpha value is -2.68. The summed E-state index contributed by atoms with van der Waals surface area (Å²) < 4.78 is 0. The fourth-order valence-corrected chi connectivity index (χ4v) is 3.48. The van der Waals surface area contributed by atoms with Gasteiger partial charge < -0.3 is 5.32 Å². The summed E-state index contributed by atoms with van der Waals surface area (Å²) in [5.74, 6) is -0.147. The first-order valence-electron chi connectivity index (χ1n) is 8.11. The number of nitriles is 1. The summed E-state index contributed by atoms with van der Waals surface area (Å²) in [7, 11) is 0. The van der Waals surface area contributed by atoms with Crippen LogP contribution in [0.1, 0.15) is 31.0 Å². The van der Waals surface area contributed by atoms with Gasteiger partial charge in [-0.1, -0.05) is 36.4 Å². The van der Waals surface area contributed by atoms with Gasteiger partial charge in [-0.25, -0.2) is 0 Å². The number of hydrogen-bond acceptors (Lipinski definition) is 4. The van der Waals surface area contributed by atoms with Crippen molar-refractivity contribution < 1.29 is 4.79 Å². The number of benzene rings is 2. The van der Waals surface area contributed by atoms with Gasteiger partial charge in [0.15, 0.2) is 0 Å². The molecule has 0 aliphatic carbocycles. The summed E-state index contributed by atoms with van der Waals surface area (Å²) in [6.07, 6.45) is 0. The number of fused-ring (bicyclic) bond motifs is 1. The molecule has 0 saturated heterocycles. The maximum atomic E-state index is 12.4. The Labute approximate surface area is 151 Å². The number of rotatable bonds is 5. The Morgan fingerprint density at radius 3 is 2.64 bits per heavy atom. The van der Waals surface area contributed by atoms with Gasteiger partial charge in [0.2, 0.25) is 5.91 Å². The lowest BCUT2D eigenvalue weighted by atomic mass is 10.0. The van der Waals surface area contributed by atoms with Gasteiger partial charge >= 0.3 is 0 Å². The Balaban J connectivity index is 1.67. The summed E-state index contributed by atoms with van der Waals surface area (Å²) in [6, 6.07) is 18.0. The van der Waals surface area contributed by atoms with Crippen LogP contribution < -0.4 is 10.6 Å². The molecule has 1 amide bonds. The van der Waals surface area contributed by atoms with Gasteiger partial charge in [-0.3, -0.25) is 10.1 Å². The normalized spacial score (nSPS) is 13.2. The molecule has 0 spiro atoms. The Bertz CT molecular complexity index is 941. The molecule has 126 valence electrons. The molecule has 0 fully saturated rings. The largest absolute Gasteiger partial charge is 0.315 e. The number of anilines is 1. The molecule has 2 atom stereocenters. The first-order chi connectivity index (χ1) is 12.1. The van der Waals surface area contributed by atoms with Crippen molar-refractivity contribution in [3.05, 3.63) is 65.0 Å². The molecule has 0 bridgehead atoms. The van der Waals surface area contributed by atoms with Gasteiger partial charge in [0.25, 0.3) is 0 Å². The van der Waals surface area contributed by atoms with Crippen molar-refractivity contribution >= 4 is 33.0 Å². The van der Waals surface area contributed by atoms with Crippen molar-refractivity contribution in [1.29, 1.82) is 5.26 Å². The van der Waals surface area contributed by atoms with E-state index in [-0.39, 0.29) is 18.0 Å². The molecule has 5 heteroatoms. The minimum Gasteiger partial charge on any atom is -0.315 e. The third kappa shape index (κ3) is 3.87. The minimum absolute atomic E-state index is 0.0316. The molecule has 25 heavy (non-hydrogen) atoms. The highest BCUT2D eigenvalue weighted by Crippen LogP contribution is 2.23. The molecular weight excluding hydrogens is 330 g/mol. The van der Waals surface area contributed by atoms with Crippen LogP contribution in [0.15, 0.2) is 53.9 Å². The van der Waals surface area contributed by atoms with E-state index in [0.29, 0.717) is 10.6 Å². The molecule has 1 heterocycles. The van der Waals surface area contributed by atoms with Crippen LogP contribution in [0, 0.1) is 11.3 Å². The van der Waals surface area contributed by atoms with Gasteiger partial charge in [0.1, 0.15) is 11.1 Å². The predicted molar refractivity (Wildman–Crippen MR) is 103 cm³/mol. The van der Waals surface area contributed by atoms with Gasteiger partial charge in [-0.2, -0.15) is 5.26 Å². The number of nitrogens with one attached hydrogen (secondary N) is 2. The second-order valence-corrected chi connectivity index (χ2v) is 6.90. The number of amides is 1. The fraction of sp³-hybridized carbons (Fsp3) is 0.200. The first kappa shape index (κ1) is 17.2. The average molecular weight is 349 g/mol. The molecule has 2 N–H and O–H groups in total. The van der Waals surface area contributed by atoms with Crippen LogP contribution in [0.5, 0.6) is 0 Å². The molecule has 0 radical (unpaired) electrons. The van der Waals surface area contributed by atoms with E-state index < -0.39 is 0 Å². The van der Waals surface area contributed by atoms with Crippen LogP contribution in [-0.2, 0) is 4.79 Å². The summed E-state index contributed by atoms with van der Waals surface area (Å²) in [6.45, 7) is 3.87. The van der Waals surface area contributed by atoms with Crippen LogP contribution in [0.2, 0.25) is 0 Å². The van der Waals surface area contributed by atoms with E-state index >= 15 is 0 Å². The molecule has 0 aliphatic heterocycles. The van der Waals surface area contributed by atoms with E-state index in [1.165, 1.54) is 22.1 Å². The molecular formula is C20H19N3OS. The van der Waals surface area contributed by atoms with Gasteiger partial charge in [0.05, 0.1) is 11.6 Å². The van der Waals surface area contributed by atoms with Crippen LogP contribution in [0.3, 0.4) is 0 Å². The monoisotopic (exact) mass is 349 g/mol. The lowest BCUT2D eigenvalue weighted by Crippen LogP contribution is -2.39. The van der Waals surface area contributed by atoms with Crippen molar-refractivity contribution in [3.8, 4) is 6.07 Å². The zero-order valence-corrected chi connectivity index (χ0v) is 14.9. The van der Waals surface area contributed by atoms with Crippen molar-refractivity contribution in [2.24, 2.45) is 0 Å². The zero-order valence-electron chi connectivity index (χ0n) is 14.1. The Morgan fingerprint density at radius 1 is 1.12 bits per heavy atom. The third-order valence-corrected chi connectivity index (χ3v) is 5.02. The second kappa shape index (κ2) is 7.47. The Morgan fingerprint density at radius 2 is 1.88 bits per heavy atom. The maximum absolute atomic E-state index is 12.4.